The van der Waals surface area contributed by atoms with Crippen molar-refractivity contribution < 1.29 is 9.15 Å². The molecule has 2 atom stereocenters. The van der Waals surface area contributed by atoms with E-state index in [0.717, 1.165) is 47.7 Å². The van der Waals surface area contributed by atoms with Gasteiger partial charge in [0.1, 0.15) is 16.8 Å². The highest BCUT2D eigenvalue weighted by Crippen LogP contribution is 2.37. The Morgan fingerprint density at radius 3 is 3.08 bits per heavy atom. The molecule has 0 unspecified atom stereocenters. The summed E-state index contributed by atoms with van der Waals surface area (Å²) in [5, 5.41) is 4.52. The van der Waals surface area contributed by atoms with Crippen LogP contribution in [0.4, 0.5) is 11.8 Å². The Balaban J connectivity index is 1.65. The smallest absolute Gasteiger partial charge is 0.222 e. The number of benzene rings is 1. The SMILES string of the molecule is COc1ccc2oc3c(N4C[C@@H]5CCCN[C@@H]5C4)nc(N)nc3c2c1. The number of aromatic nitrogens is 2. The molecule has 5 rings (SSSR count). The largest absolute Gasteiger partial charge is 0.497 e. The molecule has 0 bridgehead atoms. The van der Waals surface area contributed by atoms with Crippen LogP contribution in [0.3, 0.4) is 0 Å². The van der Waals surface area contributed by atoms with Gasteiger partial charge in [-0.2, -0.15) is 4.98 Å². The minimum absolute atomic E-state index is 0.274. The van der Waals surface area contributed by atoms with Crippen molar-refractivity contribution in [3.8, 4) is 5.75 Å². The number of nitrogen functional groups attached to an aromatic ring is 1. The van der Waals surface area contributed by atoms with Crippen LogP contribution in [-0.4, -0.2) is 42.8 Å². The number of rotatable bonds is 2. The molecule has 2 aliphatic heterocycles. The lowest BCUT2D eigenvalue weighted by Crippen LogP contribution is -2.40. The van der Waals surface area contributed by atoms with E-state index in [1.807, 2.05) is 18.2 Å². The molecule has 0 saturated carbocycles. The van der Waals surface area contributed by atoms with Gasteiger partial charge in [0.15, 0.2) is 11.4 Å². The van der Waals surface area contributed by atoms with Crippen LogP contribution in [0.2, 0.25) is 0 Å². The number of hydrogen-bond donors (Lipinski definition) is 2. The van der Waals surface area contributed by atoms with Crippen molar-refractivity contribution in [3.05, 3.63) is 18.2 Å². The highest BCUT2D eigenvalue weighted by atomic mass is 16.5. The van der Waals surface area contributed by atoms with Gasteiger partial charge >= 0.3 is 0 Å². The van der Waals surface area contributed by atoms with Crippen LogP contribution in [0, 0.1) is 5.92 Å². The van der Waals surface area contributed by atoms with Crippen LogP contribution in [0.1, 0.15) is 12.8 Å². The minimum atomic E-state index is 0.274. The van der Waals surface area contributed by atoms with Crippen LogP contribution in [-0.2, 0) is 0 Å². The van der Waals surface area contributed by atoms with E-state index in [2.05, 4.69) is 20.2 Å². The standard InChI is InChI=1S/C18H21N5O2/c1-24-11-4-5-14-12(7-11)15-16(25-14)17(22-18(19)21-15)23-8-10-3-2-6-20-13(10)9-23/h4-5,7,10,13,20H,2-3,6,8-9H2,1H3,(H2,19,21,22)/t10-,13+/m0/s1. The van der Waals surface area contributed by atoms with E-state index in [-0.39, 0.29) is 5.95 Å². The van der Waals surface area contributed by atoms with Crippen molar-refractivity contribution in [2.75, 3.05) is 37.4 Å². The summed E-state index contributed by atoms with van der Waals surface area (Å²) in [5.41, 5.74) is 8.25. The molecule has 0 spiro atoms. The zero-order chi connectivity index (χ0) is 17.0. The number of furan rings is 1. The van der Waals surface area contributed by atoms with Crippen LogP contribution in [0.25, 0.3) is 22.1 Å². The zero-order valence-corrected chi connectivity index (χ0v) is 14.2. The third-order valence-electron chi connectivity index (χ3n) is 5.42. The molecule has 25 heavy (non-hydrogen) atoms. The second-order valence-corrected chi connectivity index (χ2v) is 6.92. The highest BCUT2D eigenvalue weighted by molar-refractivity contribution is 6.06. The second kappa shape index (κ2) is 5.49. The third kappa shape index (κ3) is 2.30. The zero-order valence-electron chi connectivity index (χ0n) is 14.2. The number of piperidine rings is 1. The average molecular weight is 339 g/mol. The van der Waals surface area contributed by atoms with Gasteiger partial charge in [0.05, 0.1) is 12.5 Å². The van der Waals surface area contributed by atoms with Gasteiger partial charge in [-0.1, -0.05) is 0 Å². The molecular weight excluding hydrogens is 318 g/mol. The number of anilines is 2. The molecule has 2 aromatic heterocycles. The molecule has 2 fully saturated rings. The maximum atomic E-state index is 6.11. The maximum absolute atomic E-state index is 6.11. The summed E-state index contributed by atoms with van der Waals surface area (Å²) in [6, 6.07) is 6.24. The van der Waals surface area contributed by atoms with E-state index in [1.54, 1.807) is 7.11 Å². The fourth-order valence-corrected chi connectivity index (χ4v) is 4.19. The average Bonchev–Trinajstić information content (AvgIpc) is 3.21. The monoisotopic (exact) mass is 339 g/mol. The Morgan fingerprint density at radius 1 is 1.32 bits per heavy atom. The molecule has 2 aliphatic rings. The topological polar surface area (TPSA) is 89.4 Å². The summed E-state index contributed by atoms with van der Waals surface area (Å²) in [5.74, 6) is 2.50. The molecule has 7 heteroatoms. The van der Waals surface area contributed by atoms with Crippen LogP contribution in [0.5, 0.6) is 5.75 Å². The van der Waals surface area contributed by atoms with Crippen LogP contribution in [0.15, 0.2) is 22.6 Å². The maximum Gasteiger partial charge on any atom is 0.222 e. The van der Waals surface area contributed by atoms with Gasteiger partial charge in [-0.15, -0.1) is 0 Å². The van der Waals surface area contributed by atoms with E-state index in [4.69, 9.17) is 14.9 Å². The minimum Gasteiger partial charge on any atom is -0.497 e. The predicted molar refractivity (Wildman–Crippen MR) is 97.0 cm³/mol. The molecule has 7 nitrogen and oxygen atoms in total. The van der Waals surface area contributed by atoms with Crippen molar-refractivity contribution in [1.29, 1.82) is 0 Å². The number of ether oxygens (including phenoxy) is 1. The first-order chi connectivity index (χ1) is 12.2. The summed E-state index contributed by atoms with van der Waals surface area (Å²) in [6.07, 6.45) is 2.50. The van der Waals surface area contributed by atoms with Crippen molar-refractivity contribution in [3.63, 3.8) is 0 Å². The first kappa shape index (κ1) is 14.8. The number of methoxy groups -OCH3 is 1. The molecule has 4 heterocycles. The highest BCUT2D eigenvalue weighted by Gasteiger charge is 2.36. The number of nitrogens with zero attached hydrogens (tertiary/aromatic N) is 3. The predicted octanol–water partition coefficient (Wildman–Crippen LogP) is 2.15. The van der Waals surface area contributed by atoms with Crippen molar-refractivity contribution in [2.24, 2.45) is 5.92 Å². The van der Waals surface area contributed by atoms with Crippen molar-refractivity contribution in [2.45, 2.75) is 18.9 Å². The molecule has 2 saturated heterocycles. The molecule has 3 aromatic rings. The lowest BCUT2D eigenvalue weighted by molar-refractivity contribution is 0.340. The molecule has 3 N–H and O–H groups in total. The van der Waals surface area contributed by atoms with Gasteiger partial charge in [0.2, 0.25) is 5.95 Å². The molecule has 0 aliphatic carbocycles. The van der Waals surface area contributed by atoms with E-state index < -0.39 is 0 Å². The molecule has 0 amide bonds. The summed E-state index contributed by atoms with van der Waals surface area (Å²) in [4.78, 5) is 11.2. The summed E-state index contributed by atoms with van der Waals surface area (Å²) in [7, 11) is 1.65. The van der Waals surface area contributed by atoms with Gasteiger partial charge in [-0.25, -0.2) is 4.98 Å². The van der Waals surface area contributed by atoms with E-state index in [0.29, 0.717) is 17.5 Å². The summed E-state index contributed by atoms with van der Waals surface area (Å²) < 4.78 is 11.4. The van der Waals surface area contributed by atoms with Crippen molar-refractivity contribution in [1.82, 2.24) is 15.3 Å². The quantitative estimate of drug-likeness (QED) is 0.739. The third-order valence-corrected chi connectivity index (χ3v) is 5.42. The normalized spacial score (nSPS) is 23.3. The fraction of sp³-hybridized carbons (Fsp3) is 0.444. The number of fused-ring (bicyclic) bond motifs is 4. The van der Waals surface area contributed by atoms with E-state index in [9.17, 15) is 0 Å². The van der Waals surface area contributed by atoms with Crippen LogP contribution >= 0.6 is 0 Å². The van der Waals surface area contributed by atoms with Crippen molar-refractivity contribution >= 4 is 33.8 Å². The van der Waals surface area contributed by atoms with Gasteiger partial charge in [0, 0.05) is 19.1 Å². The molecular formula is C18H21N5O2. The fourth-order valence-electron chi connectivity index (χ4n) is 4.19. The molecule has 1 aromatic carbocycles. The Bertz CT molecular complexity index is 939. The van der Waals surface area contributed by atoms with Gasteiger partial charge in [-0.3, -0.25) is 0 Å². The summed E-state index contributed by atoms with van der Waals surface area (Å²) >= 11 is 0. The van der Waals surface area contributed by atoms with Gasteiger partial charge < -0.3 is 25.1 Å². The molecule has 130 valence electrons. The number of hydrogen-bond acceptors (Lipinski definition) is 7. The lowest BCUT2D eigenvalue weighted by Gasteiger charge is -2.24. The van der Waals surface area contributed by atoms with E-state index >= 15 is 0 Å². The Kier molecular flexibility index (Phi) is 3.24. The Hall–Kier alpha value is -2.54. The first-order valence-corrected chi connectivity index (χ1v) is 8.75. The summed E-state index contributed by atoms with van der Waals surface area (Å²) in [6.45, 7) is 3.00. The van der Waals surface area contributed by atoms with Gasteiger partial charge in [-0.05, 0) is 43.5 Å². The number of nitrogens with one attached hydrogen (secondary N) is 1. The molecule has 0 radical (unpaired) electrons. The van der Waals surface area contributed by atoms with E-state index in [1.165, 1.54) is 12.8 Å². The Morgan fingerprint density at radius 2 is 2.24 bits per heavy atom. The van der Waals surface area contributed by atoms with Gasteiger partial charge in [0.25, 0.3) is 0 Å². The number of nitrogens with two attached hydrogens (primary N) is 1. The Labute approximate surface area is 145 Å². The lowest BCUT2D eigenvalue weighted by atomic mass is 9.94. The first-order valence-electron chi connectivity index (χ1n) is 8.75. The second-order valence-electron chi connectivity index (χ2n) is 6.92. The van der Waals surface area contributed by atoms with Crippen LogP contribution < -0.4 is 20.7 Å².